The van der Waals surface area contributed by atoms with E-state index in [4.69, 9.17) is 0 Å². The number of hydrogen-bond donors (Lipinski definition) is 1. The van der Waals surface area contributed by atoms with Crippen LogP contribution in [-0.4, -0.2) is 49.9 Å². The first kappa shape index (κ1) is 18.2. The summed E-state index contributed by atoms with van der Waals surface area (Å²) < 4.78 is 37.9. The molecule has 0 unspecified atom stereocenters. The molecule has 1 aromatic rings. The number of benzene rings is 1. The molecule has 1 saturated heterocycles. The van der Waals surface area contributed by atoms with E-state index in [0.29, 0.717) is 29.1 Å². The number of nitrogens with zero attached hydrogens (tertiary/aromatic N) is 2. The molecule has 2 rings (SSSR count). The number of guanidine groups is 1. The van der Waals surface area contributed by atoms with Gasteiger partial charge in [0.05, 0.1) is 10.5 Å². The fourth-order valence-corrected chi connectivity index (χ4v) is 4.20. The summed E-state index contributed by atoms with van der Waals surface area (Å²) in [6.45, 7) is 4.47. The molecule has 0 bridgehead atoms. The van der Waals surface area contributed by atoms with E-state index >= 15 is 0 Å². The molecule has 5 nitrogen and oxygen atoms in total. The van der Waals surface area contributed by atoms with E-state index in [2.05, 4.69) is 26.2 Å². The van der Waals surface area contributed by atoms with Crippen molar-refractivity contribution >= 4 is 31.7 Å². The molecule has 1 aromatic carbocycles. The van der Waals surface area contributed by atoms with Crippen LogP contribution in [0.5, 0.6) is 0 Å². The first-order valence-corrected chi connectivity index (χ1v) is 9.72. The van der Waals surface area contributed by atoms with Crippen LogP contribution in [0.4, 0.5) is 4.39 Å². The standard InChI is InChI=1S/C15H21BrFN3O2S/c1-15(2)10-20(6-7-23(15,21)22)14(18-3)19-9-11-4-5-12(16)8-13(11)17/h4-5,8H,6-7,9-10H2,1-3H3,(H,18,19). The second-order valence-electron chi connectivity index (χ2n) is 6.14. The first-order valence-electron chi connectivity index (χ1n) is 7.28. The minimum Gasteiger partial charge on any atom is -0.352 e. The van der Waals surface area contributed by atoms with Crippen LogP contribution in [0.3, 0.4) is 0 Å². The molecule has 0 atom stereocenters. The Labute approximate surface area is 145 Å². The summed E-state index contributed by atoms with van der Waals surface area (Å²) in [6, 6.07) is 4.89. The van der Waals surface area contributed by atoms with E-state index in [-0.39, 0.29) is 18.1 Å². The topological polar surface area (TPSA) is 61.8 Å². The van der Waals surface area contributed by atoms with Crippen molar-refractivity contribution in [2.45, 2.75) is 25.1 Å². The van der Waals surface area contributed by atoms with Gasteiger partial charge in [-0.05, 0) is 26.0 Å². The summed E-state index contributed by atoms with van der Waals surface area (Å²) in [5.74, 6) is 0.368. The van der Waals surface area contributed by atoms with E-state index < -0.39 is 14.6 Å². The van der Waals surface area contributed by atoms with Gasteiger partial charge in [0.15, 0.2) is 15.8 Å². The smallest absolute Gasteiger partial charge is 0.193 e. The number of hydrogen-bond acceptors (Lipinski definition) is 3. The predicted molar refractivity (Wildman–Crippen MR) is 93.7 cm³/mol. The largest absolute Gasteiger partial charge is 0.352 e. The maximum absolute atomic E-state index is 13.9. The summed E-state index contributed by atoms with van der Waals surface area (Å²) in [4.78, 5) is 6.09. The molecule has 1 aliphatic heterocycles. The van der Waals surface area contributed by atoms with E-state index in [0.717, 1.165) is 0 Å². The lowest BCUT2D eigenvalue weighted by Gasteiger charge is -2.39. The number of sulfone groups is 1. The average Bonchev–Trinajstić information content (AvgIpc) is 2.45. The van der Waals surface area contributed by atoms with E-state index in [1.807, 2.05) is 4.90 Å². The Morgan fingerprint density at radius 1 is 1.48 bits per heavy atom. The zero-order chi connectivity index (χ0) is 17.3. The van der Waals surface area contributed by atoms with E-state index in [1.54, 1.807) is 33.0 Å². The van der Waals surface area contributed by atoms with Crippen molar-refractivity contribution in [3.05, 3.63) is 34.1 Å². The molecule has 23 heavy (non-hydrogen) atoms. The number of aliphatic imine (C=N–C) groups is 1. The zero-order valence-corrected chi connectivity index (χ0v) is 15.8. The van der Waals surface area contributed by atoms with Crippen LogP contribution in [0.2, 0.25) is 0 Å². The van der Waals surface area contributed by atoms with Crippen molar-refractivity contribution in [3.63, 3.8) is 0 Å². The van der Waals surface area contributed by atoms with Gasteiger partial charge in [0.25, 0.3) is 0 Å². The van der Waals surface area contributed by atoms with Crippen molar-refractivity contribution in [2.75, 3.05) is 25.9 Å². The van der Waals surface area contributed by atoms with Crippen molar-refractivity contribution in [2.24, 2.45) is 4.99 Å². The highest BCUT2D eigenvalue weighted by molar-refractivity contribution is 9.10. The predicted octanol–water partition coefficient (Wildman–Crippen LogP) is 2.17. The van der Waals surface area contributed by atoms with Gasteiger partial charge in [-0.1, -0.05) is 22.0 Å². The molecule has 128 valence electrons. The lowest BCUT2D eigenvalue weighted by molar-refractivity contribution is 0.353. The Hall–Kier alpha value is -1.15. The number of nitrogens with one attached hydrogen (secondary N) is 1. The van der Waals surface area contributed by atoms with Crippen LogP contribution in [-0.2, 0) is 16.4 Å². The highest BCUT2D eigenvalue weighted by atomic mass is 79.9. The summed E-state index contributed by atoms with van der Waals surface area (Å²) in [5, 5.41) is 3.11. The molecule has 0 radical (unpaired) electrons. The minimum atomic E-state index is -3.10. The molecule has 1 aliphatic rings. The Kier molecular flexibility index (Phi) is 5.35. The first-order chi connectivity index (χ1) is 10.7. The molecule has 1 N–H and O–H groups in total. The molecule has 0 aliphatic carbocycles. The Balaban J connectivity index is 2.07. The zero-order valence-electron chi connectivity index (χ0n) is 13.4. The molecule has 0 aromatic heterocycles. The Bertz CT molecular complexity index is 719. The Morgan fingerprint density at radius 3 is 2.74 bits per heavy atom. The fraction of sp³-hybridized carbons (Fsp3) is 0.533. The van der Waals surface area contributed by atoms with E-state index in [1.165, 1.54) is 6.07 Å². The molecule has 0 amide bonds. The normalized spacial score (nSPS) is 20.4. The van der Waals surface area contributed by atoms with Crippen LogP contribution in [0, 0.1) is 5.82 Å². The summed E-state index contributed by atoms with van der Waals surface area (Å²) >= 11 is 3.23. The minimum absolute atomic E-state index is 0.0906. The maximum atomic E-state index is 13.9. The van der Waals surface area contributed by atoms with Crippen LogP contribution in [0.15, 0.2) is 27.7 Å². The molecular weight excluding hydrogens is 385 g/mol. The highest BCUT2D eigenvalue weighted by Crippen LogP contribution is 2.23. The molecule has 0 saturated carbocycles. The van der Waals surface area contributed by atoms with Crippen LogP contribution >= 0.6 is 15.9 Å². The number of halogens is 2. The third-order valence-electron chi connectivity index (χ3n) is 4.01. The maximum Gasteiger partial charge on any atom is 0.193 e. The van der Waals surface area contributed by atoms with Crippen LogP contribution < -0.4 is 5.32 Å². The number of rotatable bonds is 2. The lowest BCUT2D eigenvalue weighted by atomic mass is 10.2. The summed E-state index contributed by atoms with van der Waals surface area (Å²) in [7, 11) is -1.47. The van der Waals surface area contributed by atoms with Crippen LogP contribution in [0.1, 0.15) is 19.4 Å². The average molecular weight is 406 g/mol. The third-order valence-corrected chi connectivity index (χ3v) is 7.03. The molecule has 1 heterocycles. The molecule has 1 fully saturated rings. The second-order valence-corrected chi connectivity index (χ2v) is 9.80. The fourth-order valence-electron chi connectivity index (χ4n) is 2.50. The van der Waals surface area contributed by atoms with Gasteiger partial charge < -0.3 is 10.2 Å². The van der Waals surface area contributed by atoms with Gasteiger partial charge in [-0.3, -0.25) is 4.99 Å². The van der Waals surface area contributed by atoms with Crippen LogP contribution in [0.25, 0.3) is 0 Å². The van der Waals surface area contributed by atoms with Gasteiger partial charge in [-0.25, -0.2) is 12.8 Å². The van der Waals surface area contributed by atoms with Crippen molar-refractivity contribution in [3.8, 4) is 0 Å². The van der Waals surface area contributed by atoms with Gasteiger partial charge in [0.2, 0.25) is 0 Å². The van der Waals surface area contributed by atoms with E-state index in [9.17, 15) is 12.8 Å². The summed E-state index contributed by atoms with van der Waals surface area (Å²) in [6.07, 6.45) is 0. The Morgan fingerprint density at radius 2 is 2.17 bits per heavy atom. The SMILES string of the molecule is CN=C(NCc1ccc(Br)cc1F)N1CCS(=O)(=O)C(C)(C)C1. The highest BCUT2D eigenvalue weighted by Gasteiger charge is 2.40. The lowest BCUT2D eigenvalue weighted by Crippen LogP contribution is -2.57. The van der Waals surface area contributed by atoms with Gasteiger partial charge in [-0.15, -0.1) is 0 Å². The second kappa shape index (κ2) is 6.76. The quantitative estimate of drug-likeness (QED) is 0.604. The van der Waals surface area contributed by atoms with Crippen molar-refractivity contribution < 1.29 is 12.8 Å². The van der Waals surface area contributed by atoms with Gasteiger partial charge in [0.1, 0.15) is 5.82 Å². The molecular formula is C15H21BrFN3O2S. The monoisotopic (exact) mass is 405 g/mol. The molecule has 0 spiro atoms. The van der Waals surface area contributed by atoms with Gasteiger partial charge in [-0.2, -0.15) is 0 Å². The third kappa shape index (κ3) is 4.03. The van der Waals surface area contributed by atoms with Crippen molar-refractivity contribution in [1.82, 2.24) is 10.2 Å². The molecule has 8 heteroatoms. The van der Waals surface area contributed by atoms with Gasteiger partial charge in [0, 0.05) is 36.7 Å². The van der Waals surface area contributed by atoms with Gasteiger partial charge >= 0.3 is 0 Å². The summed E-state index contributed by atoms with van der Waals surface area (Å²) in [5.41, 5.74) is 0.526. The van der Waals surface area contributed by atoms with Crippen molar-refractivity contribution in [1.29, 1.82) is 0 Å².